The van der Waals surface area contributed by atoms with Gasteiger partial charge in [-0.2, -0.15) is 0 Å². The second-order valence-corrected chi connectivity index (χ2v) is 8.70. The summed E-state index contributed by atoms with van der Waals surface area (Å²) in [4.78, 5) is 26.0. The molecule has 1 aromatic heterocycles. The summed E-state index contributed by atoms with van der Waals surface area (Å²) >= 11 is 0. The average Bonchev–Trinajstić information content (AvgIpc) is 3.51. The molecule has 3 aliphatic rings. The van der Waals surface area contributed by atoms with Gasteiger partial charge in [0.25, 0.3) is 0 Å². The van der Waals surface area contributed by atoms with E-state index >= 15 is 8.78 Å². The van der Waals surface area contributed by atoms with Crippen LogP contribution in [-0.4, -0.2) is 34.8 Å². The molecule has 0 spiro atoms. The van der Waals surface area contributed by atoms with Gasteiger partial charge in [-0.25, -0.2) is 13.6 Å². The van der Waals surface area contributed by atoms with Crippen LogP contribution in [0.2, 0.25) is 0 Å². The van der Waals surface area contributed by atoms with Gasteiger partial charge in [0.2, 0.25) is 5.43 Å². The number of fused-ring (bicyclic) bond motifs is 2. The van der Waals surface area contributed by atoms with E-state index < -0.39 is 28.6 Å². The third-order valence-corrected chi connectivity index (χ3v) is 6.98. The van der Waals surface area contributed by atoms with Crippen LogP contribution in [0.25, 0.3) is 10.9 Å². The highest BCUT2D eigenvalue weighted by Gasteiger charge is 2.43. The highest BCUT2D eigenvalue weighted by Crippen LogP contribution is 2.44. The summed E-state index contributed by atoms with van der Waals surface area (Å²) in [6, 6.07) is -0.0209. The number of carboxylic acid groups (broad SMARTS) is 1. The van der Waals surface area contributed by atoms with E-state index in [0.717, 1.165) is 25.7 Å². The molecule has 2 heterocycles. The van der Waals surface area contributed by atoms with Gasteiger partial charge in [-0.3, -0.25) is 4.79 Å². The molecule has 2 aliphatic carbocycles. The summed E-state index contributed by atoms with van der Waals surface area (Å²) < 4.78 is 32.7. The topological polar surface area (TPSA) is 88.6 Å². The van der Waals surface area contributed by atoms with E-state index in [1.54, 1.807) is 4.90 Å². The van der Waals surface area contributed by atoms with Gasteiger partial charge in [-0.15, -0.1) is 0 Å². The molecule has 1 aromatic carbocycles. The van der Waals surface area contributed by atoms with E-state index in [2.05, 4.69) is 0 Å². The molecule has 3 fully saturated rings. The lowest BCUT2D eigenvalue weighted by molar-refractivity contribution is 0.0695. The summed E-state index contributed by atoms with van der Waals surface area (Å²) in [6.45, 7) is 2.45. The monoisotopic (exact) mass is 403 g/mol. The zero-order valence-corrected chi connectivity index (χ0v) is 16.1. The fourth-order valence-corrected chi connectivity index (χ4v) is 5.11. The first-order valence-corrected chi connectivity index (χ1v) is 10.1. The molecule has 2 aromatic rings. The minimum Gasteiger partial charge on any atom is -0.477 e. The van der Waals surface area contributed by atoms with Crippen LogP contribution in [-0.2, 0) is 0 Å². The number of carboxylic acids is 1. The Labute approximate surface area is 165 Å². The molecular formula is C21H23F2N3O3. The second kappa shape index (κ2) is 6.26. The molecule has 3 atom stereocenters. The number of piperidine rings is 1. The number of aryl methyl sites for hydroxylation is 1. The largest absolute Gasteiger partial charge is 0.477 e. The summed E-state index contributed by atoms with van der Waals surface area (Å²) in [5.41, 5.74) is 4.68. The molecule has 6 nitrogen and oxygen atoms in total. The van der Waals surface area contributed by atoms with Crippen molar-refractivity contribution in [1.29, 1.82) is 0 Å². The van der Waals surface area contributed by atoms with Gasteiger partial charge in [-0.05, 0) is 44.4 Å². The minimum absolute atomic E-state index is 0.000989. The molecule has 2 saturated carbocycles. The number of nitrogens with two attached hydrogens (primary N) is 1. The Balaban J connectivity index is 1.75. The van der Waals surface area contributed by atoms with Crippen LogP contribution in [0, 0.1) is 30.4 Å². The maximum Gasteiger partial charge on any atom is 0.341 e. The molecule has 1 saturated heterocycles. The number of hydrogen-bond donors (Lipinski definition) is 2. The molecule has 29 heavy (non-hydrogen) atoms. The Morgan fingerprint density at radius 1 is 1.24 bits per heavy atom. The Bertz CT molecular complexity index is 1110. The van der Waals surface area contributed by atoms with Crippen molar-refractivity contribution >= 4 is 22.6 Å². The number of rotatable bonds is 3. The molecule has 0 amide bonds. The average molecular weight is 403 g/mol. The van der Waals surface area contributed by atoms with Gasteiger partial charge in [0.1, 0.15) is 11.3 Å². The third kappa shape index (κ3) is 2.61. The quantitative estimate of drug-likeness (QED) is 0.823. The second-order valence-electron chi connectivity index (χ2n) is 8.70. The number of pyridine rings is 1. The number of carbonyl (C=O) groups is 1. The Morgan fingerprint density at radius 2 is 1.97 bits per heavy atom. The van der Waals surface area contributed by atoms with Crippen LogP contribution >= 0.6 is 0 Å². The van der Waals surface area contributed by atoms with E-state index in [9.17, 15) is 14.7 Å². The molecular weight excluding hydrogens is 380 g/mol. The van der Waals surface area contributed by atoms with E-state index in [1.165, 1.54) is 17.7 Å². The number of aromatic nitrogens is 1. The molecule has 5 rings (SSSR count). The van der Waals surface area contributed by atoms with Crippen molar-refractivity contribution in [2.75, 3.05) is 18.0 Å². The lowest BCUT2D eigenvalue weighted by Crippen LogP contribution is -2.57. The number of halogens is 2. The Kier molecular flexibility index (Phi) is 4.00. The lowest BCUT2D eigenvalue weighted by atomic mass is 9.66. The number of aromatic carboxylic acids is 1. The van der Waals surface area contributed by atoms with Gasteiger partial charge in [0.05, 0.1) is 10.9 Å². The van der Waals surface area contributed by atoms with E-state index in [1.807, 2.05) is 0 Å². The molecule has 3 unspecified atom stereocenters. The zero-order valence-electron chi connectivity index (χ0n) is 16.1. The smallest absolute Gasteiger partial charge is 0.341 e. The fraction of sp³-hybridized carbons (Fsp3) is 0.524. The normalized spacial score (nSPS) is 26.3. The van der Waals surface area contributed by atoms with Crippen LogP contribution in [0.4, 0.5) is 14.5 Å². The van der Waals surface area contributed by atoms with Crippen molar-refractivity contribution in [1.82, 2.24) is 4.57 Å². The Hall–Kier alpha value is -2.48. The van der Waals surface area contributed by atoms with Crippen molar-refractivity contribution < 1.29 is 18.7 Å². The molecule has 1 aliphatic heterocycles. The first kappa shape index (κ1) is 18.5. The summed E-state index contributed by atoms with van der Waals surface area (Å²) in [5.74, 6) is -2.23. The van der Waals surface area contributed by atoms with Gasteiger partial charge in [0.15, 0.2) is 11.6 Å². The van der Waals surface area contributed by atoms with Gasteiger partial charge in [0, 0.05) is 36.9 Å². The predicted molar refractivity (Wildman–Crippen MR) is 104 cm³/mol. The van der Waals surface area contributed by atoms with E-state index in [0.29, 0.717) is 19.0 Å². The zero-order chi connectivity index (χ0) is 20.6. The van der Waals surface area contributed by atoms with E-state index in [4.69, 9.17) is 5.73 Å². The van der Waals surface area contributed by atoms with Gasteiger partial charge < -0.3 is 20.3 Å². The predicted octanol–water partition coefficient (Wildman–Crippen LogP) is 2.79. The number of anilines is 1. The molecule has 3 N–H and O–H groups in total. The van der Waals surface area contributed by atoms with Crippen molar-refractivity contribution in [3.8, 4) is 0 Å². The number of hydrogen-bond acceptors (Lipinski definition) is 4. The lowest BCUT2D eigenvalue weighted by Gasteiger charge is -2.50. The maximum absolute atomic E-state index is 15.8. The summed E-state index contributed by atoms with van der Waals surface area (Å²) in [7, 11) is 0. The third-order valence-electron chi connectivity index (χ3n) is 6.98. The molecule has 0 bridgehead atoms. The highest BCUT2D eigenvalue weighted by atomic mass is 19.1. The van der Waals surface area contributed by atoms with Crippen LogP contribution in [0.5, 0.6) is 0 Å². The molecule has 8 heteroatoms. The van der Waals surface area contributed by atoms with Crippen LogP contribution in [0.3, 0.4) is 0 Å². The highest BCUT2D eigenvalue weighted by molar-refractivity contribution is 5.95. The number of benzene rings is 1. The van der Waals surface area contributed by atoms with Crippen molar-refractivity contribution in [2.24, 2.45) is 17.6 Å². The van der Waals surface area contributed by atoms with Crippen molar-refractivity contribution in [3.05, 3.63) is 39.2 Å². The maximum atomic E-state index is 15.8. The molecule has 154 valence electrons. The first-order chi connectivity index (χ1) is 13.8. The Morgan fingerprint density at radius 3 is 2.59 bits per heavy atom. The fourth-order valence-electron chi connectivity index (χ4n) is 5.11. The van der Waals surface area contributed by atoms with Gasteiger partial charge >= 0.3 is 5.97 Å². The van der Waals surface area contributed by atoms with Crippen LogP contribution in [0.1, 0.15) is 47.6 Å². The first-order valence-electron chi connectivity index (χ1n) is 10.1. The molecule has 0 radical (unpaired) electrons. The van der Waals surface area contributed by atoms with Crippen LogP contribution in [0.15, 0.2) is 11.0 Å². The SMILES string of the molecule is Cc1c(F)c(N2CCC3CC(N)C3C2)c(F)c2c1c(=O)c(C(=O)O)cn2C1CC1. The van der Waals surface area contributed by atoms with E-state index in [-0.39, 0.29) is 40.2 Å². The standard InChI is InChI=1S/C21H23F2N3O3/c1-9-15-18(26(11-2-3-11)8-13(20(15)27)21(28)29)17(23)19(16(9)22)25-5-4-10-6-14(24)12(10)7-25/h8,10-12,14H,2-7,24H2,1H3,(H,28,29). The van der Waals surface area contributed by atoms with Crippen LogP contribution < -0.4 is 16.1 Å². The van der Waals surface area contributed by atoms with Crippen molar-refractivity contribution in [3.63, 3.8) is 0 Å². The van der Waals surface area contributed by atoms with Gasteiger partial charge in [-0.1, -0.05) is 0 Å². The number of nitrogens with zero attached hydrogens (tertiary/aromatic N) is 2. The van der Waals surface area contributed by atoms with Crippen molar-refractivity contribution in [2.45, 2.75) is 44.7 Å². The minimum atomic E-state index is -1.39. The summed E-state index contributed by atoms with van der Waals surface area (Å²) in [6.07, 6.45) is 4.54. The summed E-state index contributed by atoms with van der Waals surface area (Å²) in [5, 5.41) is 9.23.